The molecule has 0 heterocycles. The number of rotatable bonds is 10. The van der Waals surface area contributed by atoms with Crippen LogP contribution in [-0.2, 0) is 4.79 Å². The fourth-order valence-electron chi connectivity index (χ4n) is 1.46. The second-order valence-electron chi connectivity index (χ2n) is 4.77. The number of hydrogen-bond acceptors (Lipinski definition) is 1. The predicted octanol–water partition coefficient (Wildman–Crippen LogP) is 4.71. The lowest BCUT2D eigenvalue weighted by molar-refractivity contribution is -0.117. The summed E-state index contributed by atoms with van der Waals surface area (Å²) in [5, 5.41) is 2.89. The van der Waals surface area contributed by atoms with Gasteiger partial charge in [0, 0.05) is 12.1 Å². The molecule has 0 aliphatic carbocycles. The molecule has 0 saturated heterocycles. The van der Waals surface area contributed by atoms with Crippen molar-refractivity contribution in [3.63, 3.8) is 0 Å². The molecule has 1 N–H and O–H groups in total. The summed E-state index contributed by atoms with van der Waals surface area (Å²) in [6.45, 7) is 6.20. The Labute approximate surface area is 124 Å². The van der Waals surface area contributed by atoms with Gasteiger partial charge in [0.15, 0.2) is 0 Å². The summed E-state index contributed by atoms with van der Waals surface area (Å²) in [4.78, 5) is 11.4. The largest absolute Gasteiger partial charge is 0.350 e. The average molecular weight is 275 g/mol. The Morgan fingerprint density at radius 3 is 2.40 bits per heavy atom. The van der Waals surface area contributed by atoms with Crippen LogP contribution < -0.4 is 5.32 Å². The summed E-state index contributed by atoms with van der Waals surface area (Å²) in [6.07, 6.45) is 21.3. The van der Waals surface area contributed by atoms with E-state index in [9.17, 15) is 4.79 Å². The number of unbranched alkanes of at least 4 members (excludes halogenated alkanes) is 1. The Morgan fingerprint density at radius 2 is 1.70 bits per heavy atom. The van der Waals surface area contributed by atoms with Gasteiger partial charge in [0.2, 0.25) is 5.91 Å². The first-order valence-corrected chi connectivity index (χ1v) is 7.64. The monoisotopic (exact) mass is 275 g/mol. The minimum Gasteiger partial charge on any atom is -0.350 e. The summed E-state index contributed by atoms with van der Waals surface area (Å²) in [5.41, 5.74) is 0. The van der Waals surface area contributed by atoms with E-state index in [2.05, 4.69) is 49.5 Å². The van der Waals surface area contributed by atoms with Crippen LogP contribution in [0.4, 0.5) is 0 Å². The molecule has 0 fully saturated rings. The van der Waals surface area contributed by atoms with E-state index in [0.29, 0.717) is 0 Å². The van der Waals surface area contributed by atoms with Crippen molar-refractivity contribution in [2.45, 2.75) is 58.9 Å². The first-order chi connectivity index (χ1) is 9.70. The second kappa shape index (κ2) is 13.9. The minimum atomic E-state index is -0.0217. The van der Waals surface area contributed by atoms with Crippen LogP contribution in [0.25, 0.3) is 0 Å². The molecule has 0 aliphatic heterocycles. The molecule has 0 saturated carbocycles. The Kier molecular flexibility index (Phi) is 12.8. The van der Waals surface area contributed by atoms with E-state index >= 15 is 0 Å². The van der Waals surface area contributed by atoms with Gasteiger partial charge in [-0.1, -0.05) is 56.4 Å². The maximum atomic E-state index is 11.4. The quantitative estimate of drug-likeness (QED) is 0.266. The molecule has 0 aromatic carbocycles. The van der Waals surface area contributed by atoms with Gasteiger partial charge in [-0.2, -0.15) is 0 Å². The van der Waals surface area contributed by atoms with Crippen LogP contribution in [0.3, 0.4) is 0 Å². The Hall–Kier alpha value is -1.57. The number of amides is 1. The van der Waals surface area contributed by atoms with Gasteiger partial charge in [-0.25, -0.2) is 0 Å². The van der Waals surface area contributed by atoms with E-state index in [-0.39, 0.29) is 11.9 Å². The first kappa shape index (κ1) is 18.4. The van der Waals surface area contributed by atoms with Crippen LogP contribution in [0.15, 0.2) is 48.6 Å². The van der Waals surface area contributed by atoms with E-state index in [1.54, 1.807) is 12.2 Å². The number of nitrogens with one attached hydrogen (secondary N) is 1. The van der Waals surface area contributed by atoms with Crippen molar-refractivity contribution in [2.75, 3.05) is 0 Å². The van der Waals surface area contributed by atoms with Crippen molar-refractivity contribution in [1.82, 2.24) is 5.32 Å². The van der Waals surface area contributed by atoms with Gasteiger partial charge in [0.1, 0.15) is 0 Å². The van der Waals surface area contributed by atoms with Gasteiger partial charge in [0.05, 0.1) is 0 Å². The molecule has 112 valence electrons. The maximum Gasteiger partial charge on any atom is 0.244 e. The predicted molar refractivity (Wildman–Crippen MR) is 88.6 cm³/mol. The van der Waals surface area contributed by atoms with E-state index < -0.39 is 0 Å². The van der Waals surface area contributed by atoms with Crippen molar-refractivity contribution >= 4 is 5.91 Å². The topological polar surface area (TPSA) is 29.1 Å². The summed E-state index contributed by atoms with van der Waals surface area (Å²) < 4.78 is 0. The van der Waals surface area contributed by atoms with Crippen LogP contribution in [0.5, 0.6) is 0 Å². The van der Waals surface area contributed by atoms with Crippen LogP contribution in [0.1, 0.15) is 52.9 Å². The molecule has 2 nitrogen and oxygen atoms in total. The zero-order chi connectivity index (χ0) is 15.1. The lowest BCUT2D eigenvalue weighted by Crippen LogP contribution is -2.30. The van der Waals surface area contributed by atoms with Crippen molar-refractivity contribution in [2.24, 2.45) is 0 Å². The van der Waals surface area contributed by atoms with E-state index in [1.807, 2.05) is 13.0 Å². The lowest BCUT2D eigenvalue weighted by atomic mass is 10.2. The average Bonchev–Trinajstić information content (AvgIpc) is 2.44. The van der Waals surface area contributed by atoms with E-state index in [1.165, 1.54) is 0 Å². The minimum absolute atomic E-state index is 0.0217. The highest BCUT2D eigenvalue weighted by Gasteiger charge is 1.99. The zero-order valence-electron chi connectivity index (χ0n) is 13.1. The molecule has 2 heteroatoms. The van der Waals surface area contributed by atoms with Gasteiger partial charge < -0.3 is 5.32 Å². The van der Waals surface area contributed by atoms with Crippen molar-refractivity contribution in [1.29, 1.82) is 0 Å². The van der Waals surface area contributed by atoms with Crippen molar-refractivity contribution in [3.05, 3.63) is 48.6 Å². The number of carbonyl (C=O) groups excluding carboxylic acids is 1. The van der Waals surface area contributed by atoms with Gasteiger partial charge in [-0.3, -0.25) is 4.79 Å². The maximum absolute atomic E-state index is 11.4. The molecular formula is C18H29NO. The highest BCUT2D eigenvalue weighted by molar-refractivity contribution is 5.87. The third-order valence-corrected chi connectivity index (χ3v) is 2.84. The molecule has 0 aliphatic rings. The van der Waals surface area contributed by atoms with E-state index in [0.717, 1.165) is 32.1 Å². The van der Waals surface area contributed by atoms with Gasteiger partial charge in [0.25, 0.3) is 0 Å². The highest BCUT2D eigenvalue weighted by Crippen LogP contribution is 1.96. The smallest absolute Gasteiger partial charge is 0.244 e. The van der Waals surface area contributed by atoms with Crippen LogP contribution in [0.2, 0.25) is 0 Å². The van der Waals surface area contributed by atoms with Crippen LogP contribution >= 0.6 is 0 Å². The standard InChI is InChI=1S/C18H29NO/c1-4-6-7-8-9-10-11-12-13-14-15-16-18(20)19-17(3)5-2/h6-7,9-10,13-17H,4-5,8,11-12H2,1-3H3,(H,19,20)/b7-6-,10-9-,14-13+,16-15+/t17-/m0/s1. The summed E-state index contributed by atoms with van der Waals surface area (Å²) >= 11 is 0. The fourth-order valence-corrected chi connectivity index (χ4v) is 1.46. The van der Waals surface area contributed by atoms with Crippen LogP contribution in [-0.4, -0.2) is 11.9 Å². The van der Waals surface area contributed by atoms with Crippen molar-refractivity contribution in [3.8, 4) is 0 Å². The zero-order valence-corrected chi connectivity index (χ0v) is 13.1. The van der Waals surface area contributed by atoms with Gasteiger partial charge in [-0.05, 0) is 39.0 Å². The number of carbonyl (C=O) groups is 1. The normalized spacial score (nSPS) is 13.9. The number of hydrogen-bond donors (Lipinski definition) is 1. The summed E-state index contributed by atoms with van der Waals surface area (Å²) in [5.74, 6) is -0.0217. The number of allylic oxidation sites excluding steroid dienone is 7. The molecule has 0 aromatic rings. The lowest BCUT2D eigenvalue weighted by Gasteiger charge is -2.07. The fraction of sp³-hybridized carbons (Fsp3) is 0.500. The van der Waals surface area contributed by atoms with Crippen LogP contribution in [0, 0.1) is 0 Å². The molecule has 0 rings (SSSR count). The highest BCUT2D eigenvalue weighted by atomic mass is 16.1. The molecule has 1 atom stereocenters. The molecule has 0 unspecified atom stereocenters. The summed E-state index contributed by atoms with van der Waals surface area (Å²) in [7, 11) is 0. The Morgan fingerprint density at radius 1 is 1.00 bits per heavy atom. The molecule has 1 amide bonds. The molecule has 0 bridgehead atoms. The second-order valence-corrected chi connectivity index (χ2v) is 4.77. The van der Waals surface area contributed by atoms with Gasteiger partial charge in [-0.15, -0.1) is 0 Å². The van der Waals surface area contributed by atoms with Gasteiger partial charge >= 0.3 is 0 Å². The Bertz CT molecular complexity index is 350. The summed E-state index contributed by atoms with van der Waals surface area (Å²) in [6, 6.07) is 0.239. The Balaban J connectivity index is 3.65. The molecular weight excluding hydrogens is 246 g/mol. The molecule has 20 heavy (non-hydrogen) atoms. The van der Waals surface area contributed by atoms with Crippen molar-refractivity contribution < 1.29 is 4.79 Å². The SMILES string of the molecule is CC/C=C\C/C=C\CC/C=C/C=C/C(=O)N[C@@H](C)CC. The third kappa shape index (κ3) is 12.9. The third-order valence-electron chi connectivity index (χ3n) is 2.84. The first-order valence-electron chi connectivity index (χ1n) is 7.64. The molecule has 0 radical (unpaired) electrons. The van der Waals surface area contributed by atoms with E-state index in [4.69, 9.17) is 0 Å². The molecule has 0 spiro atoms. The molecule has 0 aromatic heterocycles.